The van der Waals surface area contributed by atoms with Gasteiger partial charge in [0.2, 0.25) is 5.91 Å². The minimum atomic E-state index is 0.0835. The lowest BCUT2D eigenvalue weighted by molar-refractivity contribution is -0.127. The summed E-state index contributed by atoms with van der Waals surface area (Å²) in [7, 11) is 0. The monoisotopic (exact) mass is 291 g/mol. The molecule has 0 radical (unpaired) electrons. The third-order valence-electron chi connectivity index (χ3n) is 3.17. The zero-order valence-electron chi connectivity index (χ0n) is 11.4. The molecular weight excluding hydrogens is 266 g/mol. The van der Waals surface area contributed by atoms with Crippen LogP contribution in [-0.2, 0) is 4.79 Å². The topological polar surface area (TPSA) is 29.1 Å². The summed E-state index contributed by atoms with van der Waals surface area (Å²) in [6.45, 7) is 12.7. The van der Waals surface area contributed by atoms with Crippen LogP contribution in [0.2, 0.25) is 0 Å². The standard InChI is InChI=1S/C13H26BrNO/c1-9(2)10(3)12(16)15-11(7-8-14)13(4,5)6/h9-11H,7-8H2,1-6H3,(H,15,16). The number of alkyl halides is 1. The largest absolute Gasteiger partial charge is 0.353 e. The first kappa shape index (κ1) is 16.0. The molecule has 0 aliphatic rings. The number of hydrogen-bond acceptors (Lipinski definition) is 1. The Morgan fingerprint density at radius 1 is 1.25 bits per heavy atom. The first-order valence-corrected chi connectivity index (χ1v) is 7.18. The Kier molecular flexibility index (Phi) is 6.61. The summed E-state index contributed by atoms with van der Waals surface area (Å²) < 4.78 is 0. The van der Waals surface area contributed by atoms with Gasteiger partial charge in [-0.2, -0.15) is 0 Å². The van der Waals surface area contributed by atoms with E-state index in [-0.39, 0.29) is 23.3 Å². The van der Waals surface area contributed by atoms with E-state index in [1.54, 1.807) is 0 Å². The van der Waals surface area contributed by atoms with E-state index in [0.29, 0.717) is 5.92 Å². The number of rotatable bonds is 5. The van der Waals surface area contributed by atoms with Crippen LogP contribution in [0.15, 0.2) is 0 Å². The van der Waals surface area contributed by atoms with Crippen molar-refractivity contribution in [1.29, 1.82) is 0 Å². The molecule has 0 saturated carbocycles. The second-order valence-corrected chi connectivity index (χ2v) is 6.73. The first-order chi connectivity index (χ1) is 7.20. The number of halogens is 1. The van der Waals surface area contributed by atoms with Gasteiger partial charge in [0.15, 0.2) is 0 Å². The fraction of sp³-hybridized carbons (Fsp3) is 0.923. The van der Waals surface area contributed by atoms with E-state index < -0.39 is 0 Å². The molecule has 16 heavy (non-hydrogen) atoms. The molecule has 0 aliphatic heterocycles. The number of amides is 1. The molecule has 96 valence electrons. The molecule has 0 spiro atoms. The maximum atomic E-state index is 12.0. The highest BCUT2D eigenvalue weighted by molar-refractivity contribution is 9.09. The quantitative estimate of drug-likeness (QED) is 0.771. The van der Waals surface area contributed by atoms with Crippen molar-refractivity contribution in [1.82, 2.24) is 5.32 Å². The summed E-state index contributed by atoms with van der Waals surface area (Å²) in [5, 5.41) is 4.09. The van der Waals surface area contributed by atoms with Gasteiger partial charge in [-0.15, -0.1) is 0 Å². The lowest BCUT2D eigenvalue weighted by Crippen LogP contribution is -2.46. The van der Waals surface area contributed by atoms with Crippen molar-refractivity contribution in [2.24, 2.45) is 17.3 Å². The van der Waals surface area contributed by atoms with Crippen molar-refractivity contribution in [2.75, 3.05) is 5.33 Å². The Balaban J connectivity index is 4.46. The van der Waals surface area contributed by atoms with E-state index in [0.717, 1.165) is 11.8 Å². The molecule has 0 saturated heterocycles. The van der Waals surface area contributed by atoms with Crippen LogP contribution in [0.4, 0.5) is 0 Å². The van der Waals surface area contributed by atoms with Crippen LogP contribution < -0.4 is 5.32 Å². The van der Waals surface area contributed by atoms with Crippen molar-refractivity contribution in [3.63, 3.8) is 0 Å². The van der Waals surface area contributed by atoms with Crippen molar-refractivity contribution in [2.45, 2.75) is 54.0 Å². The van der Waals surface area contributed by atoms with Crippen molar-refractivity contribution >= 4 is 21.8 Å². The second kappa shape index (κ2) is 6.63. The van der Waals surface area contributed by atoms with Gasteiger partial charge in [-0.25, -0.2) is 0 Å². The first-order valence-electron chi connectivity index (χ1n) is 6.06. The number of carbonyl (C=O) groups is 1. The highest BCUT2D eigenvalue weighted by atomic mass is 79.9. The maximum Gasteiger partial charge on any atom is 0.223 e. The Hall–Kier alpha value is -0.0500. The molecule has 0 aromatic heterocycles. The molecule has 0 aliphatic carbocycles. The normalized spacial score (nSPS) is 16.0. The van der Waals surface area contributed by atoms with Gasteiger partial charge in [0.25, 0.3) is 0 Å². The van der Waals surface area contributed by atoms with E-state index in [9.17, 15) is 4.79 Å². The highest BCUT2D eigenvalue weighted by Crippen LogP contribution is 2.23. The molecule has 0 fully saturated rings. The second-order valence-electron chi connectivity index (χ2n) is 5.94. The molecule has 0 aromatic rings. The fourth-order valence-corrected chi connectivity index (χ4v) is 1.89. The lowest BCUT2D eigenvalue weighted by Gasteiger charge is -2.32. The average Bonchev–Trinajstić information content (AvgIpc) is 2.14. The van der Waals surface area contributed by atoms with E-state index in [1.165, 1.54) is 0 Å². The SMILES string of the molecule is CC(C)C(C)C(=O)NC(CCBr)C(C)(C)C. The van der Waals surface area contributed by atoms with Crippen LogP contribution in [0.1, 0.15) is 48.0 Å². The van der Waals surface area contributed by atoms with Crippen molar-refractivity contribution in [3.8, 4) is 0 Å². The van der Waals surface area contributed by atoms with Crippen LogP contribution in [0.25, 0.3) is 0 Å². The highest BCUT2D eigenvalue weighted by Gasteiger charge is 2.27. The molecule has 1 N–H and O–H groups in total. The Bertz CT molecular complexity index is 220. The fourth-order valence-electron chi connectivity index (χ4n) is 1.44. The van der Waals surface area contributed by atoms with Crippen LogP contribution in [-0.4, -0.2) is 17.3 Å². The van der Waals surface area contributed by atoms with Crippen molar-refractivity contribution in [3.05, 3.63) is 0 Å². The molecule has 0 bridgehead atoms. The Morgan fingerprint density at radius 2 is 1.75 bits per heavy atom. The summed E-state index contributed by atoms with van der Waals surface area (Å²) >= 11 is 3.45. The summed E-state index contributed by atoms with van der Waals surface area (Å²) in [6, 6.07) is 0.237. The van der Waals surface area contributed by atoms with Gasteiger partial charge in [-0.3, -0.25) is 4.79 Å². The molecule has 2 atom stereocenters. The third-order valence-corrected chi connectivity index (χ3v) is 3.63. The van der Waals surface area contributed by atoms with Crippen molar-refractivity contribution < 1.29 is 4.79 Å². The Morgan fingerprint density at radius 3 is 2.06 bits per heavy atom. The van der Waals surface area contributed by atoms with E-state index in [1.807, 2.05) is 6.92 Å². The zero-order chi connectivity index (χ0) is 12.9. The average molecular weight is 292 g/mol. The van der Waals surface area contributed by atoms with E-state index in [4.69, 9.17) is 0 Å². The van der Waals surface area contributed by atoms with Gasteiger partial charge < -0.3 is 5.32 Å². The molecular formula is C13H26BrNO. The minimum absolute atomic E-state index is 0.0835. The summed E-state index contributed by atoms with van der Waals surface area (Å²) in [5.74, 6) is 0.653. The molecule has 2 nitrogen and oxygen atoms in total. The number of nitrogens with one attached hydrogen (secondary N) is 1. The molecule has 0 heterocycles. The predicted molar refractivity (Wildman–Crippen MR) is 73.8 cm³/mol. The van der Waals surface area contributed by atoms with Gasteiger partial charge >= 0.3 is 0 Å². The maximum absolute atomic E-state index is 12.0. The van der Waals surface area contributed by atoms with Gasteiger partial charge in [0, 0.05) is 17.3 Å². The van der Waals surface area contributed by atoms with Crippen LogP contribution in [0.3, 0.4) is 0 Å². The third kappa shape index (κ3) is 5.33. The van der Waals surface area contributed by atoms with Gasteiger partial charge in [0.05, 0.1) is 0 Å². The van der Waals surface area contributed by atoms with Crippen LogP contribution >= 0.6 is 15.9 Å². The molecule has 2 unspecified atom stereocenters. The predicted octanol–water partition coefficient (Wildman–Crippen LogP) is 3.59. The zero-order valence-corrected chi connectivity index (χ0v) is 13.0. The van der Waals surface area contributed by atoms with Gasteiger partial charge in [0.1, 0.15) is 0 Å². The summed E-state index contributed by atoms with van der Waals surface area (Å²) in [4.78, 5) is 12.0. The number of carbonyl (C=O) groups excluding carboxylic acids is 1. The van der Waals surface area contributed by atoms with Crippen LogP contribution in [0, 0.1) is 17.3 Å². The molecule has 1 amide bonds. The summed E-state index contributed by atoms with van der Waals surface area (Å²) in [5.41, 5.74) is 0.111. The Labute approximate surface area is 109 Å². The smallest absolute Gasteiger partial charge is 0.223 e. The van der Waals surface area contributed by atoms with Gasteiger partial charge in [-0.05, 0) is 17.8 Å². The lowest BCUT2D eigenvalue weighted by atomic mass is 9.84. The van der Waals surface area contributed by atoms with E-state index >= 15 is 0 Å². The molecule has 0 aromatic carbocycles. The molecule has 0 rings (SSSR count). The summed E-state index contributed by atoms with van der Waals surface area (Å²) in [6.07, 6.45) is 0.972. The molecule has 3 heteroatoms. The van der Waals surface area contributed by atoms with Crippen LogP contribution in [0.5, 0.6) is 0 Å². The minimum Gasteiger partial charge on any atom is -0.353 e. The van der Waals surface area contributed by atoms with Gasteiger partial charge in [-0.1, -0.05) is 57.5 Å². The van der Waals surface area contributed by atoms with E-state index in [2.05, 4.69) is 55.9 Å². The number of hydrogen-bond donors (Lipinski definition) is 1.